The summed E-state index contributed by atoms with van der Waals surface area (Å²) >= 11 is 0. The minimum absolute atomic E-state index is 0.160. The lowest BCUT2D eigenvalue weighted by atomic mass is 9.94. The number of nitrogens with one attached hydrogen (secondary N) is 2. The second-order valence-electron chi connectivity index (χ2n) is 8.40. The van der Waals surface area contributed by atoms with Crippen molar-refractivity contribution in [1.82, 2.24) is 14.8 Å². The maximum Gasteiger partial charge on any atom is 0.255 e. The molecule has 4 aromatic rings. The molecule has 0 spiro atoms. The van der Waals surface area contributed by atoms with Crippen molar-refractivity contribution in [2.45, 2.75) is 13.0 Å². The van der Waals surface area contributed by atoms with E-state index in [9.17, 15) is 4.79 Å². The third-order valence-corrected chi connectivity index (χ3v) is 6.19. The number of carbonyl (C=O) groups excluding carboxylic acids is 1. The van der Waals surface area contributed by atoms with Crippen molar-refractivity contribution in [3.05, 3.63) is 89.6 Å². The molecule has 0 fully saturated rings. The van der Waals surface area contributed by atoms with Crippen molar-refractivity contribution in [1.29, 1.82) is 0 Å². The Balaban J connectivity index is 1.47. The minimum Gasteiger partial charge on any atom is -0.496 e. The number of fused-ring (bicyclic) bond motifs is 2. The molecular weight excluding hydrogens is 458 g/mol. The third-order valence-electron chi connectivity index (χ3n) is 6.19. The van der Waals surface area contributed by atoms with Gasteiger partial charge in [-0.1, -0.05) is 36.4 Å². The average molecular weight is 482 g/mol. The summed E-state index contributed by atoms with van der Waals surface area (Å²) in [5.41, 5.74) is 3.46. The summed E-state index contributed by atoms with van der Waals surface area (Å²) in [5, 5.41) is 11.1. The molecule has 1 amide bonds. The summed E-state index contributed by atoms with van der Waals surface area (Å²) in [4.78, 5) is 18.4. The smallest absolute Gasteiger partial charge is 0.255 e. The van der Waals surface area contributed by atoms with E-state index in [2.05, 4.69) is 10.6 Å². The van der Waals surface area contributed by atoms with Crippen LogP contribution in [-0.2, 0) is 4.79 Å². The number of allylic oxidation sites excluding steroid dienone is 1. The van der Waals surface area contributed by atoms with E-state index in [1.54, 1.807) is 11.8 Å². The first-order valence-corrected chi connectivity index (χ1v) is 11.5. The molecule has 3 heterocycles. The quantitative estimate of drug-likeness (QED) is 0.429. The Hall–Kier alpha value is -4.79. The first-order valence-electron chi connectivity index (χ1n) is 11.5. The van der Waals surface area contributed by atoms with Gasteiger partial charge in [-0.15, -0.1) is 5.10 Å². The number of nitrogens with zero attached hydrogens (tertiary/aromatic N) is 3. The molecule has 3 aromatic carbocycles. The third kappa shape index (κ3) is 3.70. The molecule has 6 rings (SSSR count). The largest absolute Gasteiger partial charge is 0.496 e. The van der Waals surface area contributed by atoms with Gasteiger partial charge in [-0.05, 0) is 48.9 Å². The number of rotatable bonds is 5. The highest BCUT2D eigenvalue weighted by Gasteiger charge is 2.35. The van der Waals surface area contributed by atoms with Crippen LogP contribution in [0.5, 0.6) is 17.2 Å². The van der Waals surface area contributed by atoms with Crippen molar-refractivity contribution in [2.75, 3.05) is 24.5 Å². The highest BCUT2D eigenvalue weighted by molar-refractivity contribution is 6.06. The maximum absolute atomic E-state index is 13.6. The topological polar surface area (TPSA) is 99.5 Å². The molecule has 0 bridgehead atoms. The summed E-state index contributed by atoms with van der Waals surface area (Å²) in [7, 11) is 1.61. The highest BCUT2D eigenvalue weighted by Crippen LogP contribution is 2.41. The zero-order chi connectivity index (χ0) is 24.6. The van der Waals surface area contributed by atoms with Crippen LogP contribution < -0.4 is 24.8 Å². The first-order chi connectivity index (χ1) is 17.6. The second-order valence-corrected chi connectivity index (χ2v) is 8.40. The molecule has 1 unspecified atom stereocenters. The predicted octanol–water partition coefficient (Wildman–Crippen LogP) is 4.61. The molecule has 0 radical (unpaired) electrons. The Morgan fingerprint density at radius 1 is 1.06 bits per heavy atom. The van der Waals surface area contributed by atoms with Crippen molar-refractivity contribution >= 4 is 17.5 Å². The Morgan fingerprint density at radius 2 is 1.83 bits per heavy atom. The Labute approximate surface area is 207 Å². The number of benzene rings is 3. The van der Waals surface area contributed by atoms with Crippen LogP contribution in [0.4, 0.5) is 11.6 Å². The molecule has 180 valence electrons. The van der Waals surface area contributed by atoms with E-state index >= 15 is 0 Å². The van der Waals surface area contributed by atoms with Gasteiger partial charge in [-0.2, -0.15) is 4.98 Å². The number of ether oxygens (including phenoxy) is 3. The zero-order valence-electron chi connectivity index (χ0n) is 19.7. The van der Waals surface area contributed by atoms with Gasteiger partial charge in [0.1, 0.15) is 11.8 Å². The van der Waals surface area contributed by atoms with Gasteiger partial charge in [0.25, 0.3) is 5.91 Å². The van der Waals surface area contributed by atoms with E-state index in [0.29, 0.717) is 46.0 Å². The van der Waals surface area contributed by atoms with Crippen molar-refractivity contribution < 1.29 is 19.0 Å². The fraction of sp³-hybridized carbons (Fsp3) is 0.148. The summed E-state index contributed by atoms with van der Waals surface area (Å²) in [6.07, 6.45) is 0. The van der Waals surface area contributed by atoms with Gasteiger partial charge in [0.05, 0.1) is 18.2 Å². The lowest BCUT2D eigenvalue weighted by Gasteiger charge is -2.28. The molecule has 2 N–H and O–H groups in total. The normalized spacial score (nSPS) is 15.8. The molecule has 0 saturated carbocycles. The molecule has 9 heteroatoms. The molecule has 1 aromatic heterocycles. The molecular formula is C27H23N5O4. The Kier molecular flexibility index (Phi) is 5.29. The van der Waals surface area contributed by atoms with Crippen LogP contribution >= 0.6 is 0 Å². The minimum atomic E-state index is -0.560. The Bertz CT molecular complexity index is 1500. The molecule has 2 aliphatic heterocycles. The van der Waals surface area contributed by atoms with Crippen molar-refractivity contribution in [2.24, 2.45) is 0 Å². The fourth-order valence-corrected chi connectivity index (χ4v) is 4.50. The molecule has 9 nitrogen and oxygen atoms in total. The van der Waals surface area contributed by atoms with Crippen LogP contribution in [0.15, 0.2) is 84.1 Å². The van der Waals surface area contributed by atoms with E-state index in [-0.39, 0.29) is 12.7 Å². The van der Waals surface area contributed by atoms with Gasteiger partial charge in [0, 0.05) is 11.4 Å². The van der Waals surface area contributed by atoms with Gasteiger partial charge >= 0.3 is 0 Å². The number of methoxy groups -OCH3 is 1. The van der Waals surface area contributed by atoms with Gasteiger partial charge in [-0.3, -0.25) is 4.79 Å². The number of amides is 1. The van der Waals surface area contributed by atoms with E-state index in [0.717, 1.165) is 11.1 Å². The zero-order valence-corrected chi connectivity index (χ0v) is 19.7. The summed E-state index contributed by atoms with van der Waals surface area (Å²) in [5.74, 6) is 2.71. The molecule has 0 saturated heterocycles. The van der Waals surface area contributed by atoms with E-state index in [1.165, 1.54) is 0 Å². The second kappa shape index (κ2) is 8.77. The van der Waals surface area contributed by atoms with Gasteiger partial charge in [0.2, 0.25) is 12.7 Å². The van der Waals surface area contributed by atoms with Crippen molar-refractivity contribution in [3.8, 4) is 28.6 Å². The summed E-state index contributed by atoms with van der Waals surface area (Å²) < 4.78 is 18.4. The summed E-state index contributed by atoms with van der Waals surface area (Å²) in [6.45, 7) is 2.02. The van der Waals surface area contributed by atoms with E-state index in [4.69, 9.17) is 24.3 Å². The van der Waals surface area contributed by atoms with Crippen LogP contribution in [0.25, 0.3) is 11.4 Å². The highest BCUT2D eigenvalue weighted by atomic mass is 16.7. The lowest BCUT2D eigenvalue weighted by Crippen LogP contribution is -2.31. The molecule has 1 atom stereocenters. The number of aromatic nitrogens is 3. The SMILES string of the molecule is COc1ccccc1-c1nc2n(n1)C(c1ccc3c(c1)OCO3)C(C(=O)Nc1ccccc1)=C(C)N2. The predicted molar refractivity (Wildman–Crippen MR) is 134 cm³/mol. The number of para-hydroxylation sites is 2. The molecule has 36 heavy (non-hydrogen) atoms. The Morgan fingerprint density at radius 3 is 2.67 bits per heavy atom. The molecule has 0 aliphatic carbocycles. The van der Waals surface area contributed by atoms with Gasteiger partial charge in [0.15, 0.2) is 17.3 Å². The standard InChI is InChI=1S/C27H23N5O4/c1-16-23(26(33)29-18-8-4-3-5-9-18)24(17-12-13-21-22(14-17)36-15-35-21)32-27(28-16)30-25(31-32)19-10-6-7-11-20(19)34-2/h3-14,24H,15H2,1-2H3,(H,29,33)(H,28,30,31). The maximum atomic E-state index is 13.6. The average Bonchev–Trinajstić information content (AvgIpc) is 3.54. The van der Waals surface area contributed by atoms with Crippen LogP contribution in [0.1, 0.15) is 18.5 Å². The van der Waals surface area contributed by atoms with Crippen LogP contribution in [-0.4, -0.2) is 34.6 Å². The first kappa shape index (κ1) is 21.7. The summed E-state index contributed by atoms with van der Waals surface area (Å²) in [6, 6.07) is 22.0. The number of anilines is 2. The van der Waals surface area contributed by atoms with Crippen LogP contribution in [0.3, 0.4) is 0 Å². The van der Waals surface area contributed by atoms with Gasteiger partial charge < -0.3 is 24.8 Å². The van der Waals surface area contributed by atoms with Crippen LogP contribution in [0, 0.1) is 0 Å². The van der Waals surface area contributed by atoms with E-state index < -0.39 is 6.04 Å². The number of carbonyl (C=O) groups is 1. The van der Waals surface area contributed by atoms with Crippen molar-refractivity contribution in [3.63, 3.8) is 0 Å². The molecule has 2 aliphatic rings. The van der Waals surface area contributed by atoms with Gasteiger partial charge in [-0.25, -0.2) is 4.68 Å². The van der Waals surface area contributed by atoms with Crippen LogP contribution in [0.2, 0.25) is 0 Å². The fourth-order valence-electron chi connectivity index (χ4n) is 4.50. The van der Waals surface area contributed by atoms with E-state index in [1.807, 2.05) is 79.7 Å². The lowest BCUT2D eigenvalue weighted by molar-refractivity contribution is -0.113. The number of hydrogen-bond acceptors (Lipinski definition) is 7. The number of hydrogen-bond donors (Lipinski definition) is 2. The monoisotopic (exact) mass is 481 g/mol.